The van der Waals surface area contributed by atoms with Crippen LogP contribution < -0.4 is 5.32 Å². The van der Waals surface area contributed by atoms with Crippen LogP contribution in [-0.4, -0.2) is 32.4 Å². The van der Waals surface area contributed by atoms with Crippen molar-refractivity contribution in [2.45, 2.75) is 36.1 Å². The van der Waals surface area contributed by atoms with Gasteiger partial charge in [-0.1, -0.05) is 0 Å². The van der Waals surface area contributed by atoms with E-state index in [1.54, 1.807) is 10.4 Å². The largest absolute Gasteiger partial charge is 0.315 e. The highest BCUT2D eigenvalue weighted by atomic mass is 32.2. The van der Waals surface area contributed by atoms with Crippen molar-refractivity contribution in [3.8, 4) is 0 Å². The minimum atomic E-state index is -3.24. The van der Waals surface area contributed by atoms with Crippen molar-refractivity contribution < 1.29 is 8.42 Å². The Hall–Kier alpha value is -0.430. The SMILES string of the molecule is CNCc1ccc(S(=O)(=O)N2CC3CCC2C3)s1. The minimum Gasteiger partial charge on any atom is -0.315 e. The Morgan fingerprint density at radius 2 is 2.28 bits per heavy atom. The van der Waals surface area contributed by atoms with E-state index in [0.717, 1.165) is 30.8 Å². The molecular weight excluding hydrogens is 268 g/mol. The molecule has 0 aromatic carbocycles. The summed E-state index contributed by atoms with van der Waals surface area (Å²) in [5, 5.41) is 3.05. The highest BCUT2D eigenvalue weighted by molar-refractivity contribution is 7.91. The van der Waals surface area contributed by atoms with E-state index in [9.17, 15) is 8.42 Å². The molecule has 1 aliphatic heterocycles. The van der Waals surface area contributed by atoms with Crippen LogP contribution in [0.3, 0.4) is 0 Å². The third-order valence-corrected chi connectivity index (χ3v) is 7.38. The van der Waals surface area contributed by atoms with E-state index in [1.165, 1.54) is 17.8 Å². The molecule has 2 heterocycles. The maximum absolute atomic E-state index is 12.6. The molecule has 0 amide bonds. The summed E-state index contributed by atoms with van der Waals surface area (Å²) >= 11 is 1.39. The van der Waals surface area contributed by atoms with Crippen LogP contribution in [0, 0.1) is 5.92 Å². The molecule has 1 saturated carbocycles. The van der Waals surface area contributed by atoms with E-state index in [2.05, 4.69) is 5.32 Å². The highest BCUT2D eigenvalue weighted by Gasteiger charge is 2.44. The second-order valence-electron chi connectivity index (χ2n) is 5.16. The van der Waals surface area contributed by atoms with Gasteiger partial charge in [0.05, 0.1) is 0 Å². The predicted octanol–water partition coefficient (Wildman–Crippen LogP) is 1.64. The van der Waals surface area contributed by atoms with Crippen LogP contribution in [0.5, 0.6) is 0 Å². The third kappa shape index (κ3) is 2.01. The molecule has 1 aromatic heterocycles. The molecule has 1 aliphatic carbocycles. The number of hydrogen-bond donors (Lipinski definition) is 1. The Bertz CT molecular complexity index is 538. The first-order valence-electron chi connectivity index (χ1n) is 6.36. The first-order valence-corrected chi connectivity index (χ1v) is 8.62. The number of rotatable bonds is 4. The van der Waals surface area contributed by atoms with E-state index in [0.29, 0.717) is 10.1 Å². The normalized spacial score (nSPS) is 28.1. The molecule has 4 nitrogen and oxygen atoms in total. The number of nitrogens with one attached hydrogen (secondary N) is 1. The lowest BCUT2D eigenvalue weighted by Crippen LogP contribution is -2.37. The molecule has 100 valence electrons. The van der Waals surface area contributed by atoms with Gasteiger partial charge in [0.1, 0.15) is 4.21 Å². The number of fused-ring (bicyclic) bond motifs is 2. The van der Waals surface area contributed by atoms with E-state index in [-0.39, 0.29) is 6.04 Å². The number of sulfonamides is 1. The van der Waals surface area contributed by atoms with Gasteiger partial charge in [-0.15, -0.1) is 11.3 Å². The zero-order valence-corrected chi connectivity index (χ0v) is 12.1. The number of hydrogen-bond acceptors (Lipinski definition) is 4. The molecular formula is C12H18N2O2S2. The summed E-state index contributed by atoms with van der Waals surface area (Å²) in [4.78, 5) is 1.07. The van der Waals surface area contributed by atoms with Gasteiger partial charge in [-0.3, -0.25) is 0 Å². The second kappa shape index (κ2) is 4.59. The zero-order chi connectivity index (χ0) is 12.8. The van der Waals surface area contributed by atoms with Crippen LogP contribution in [0.2, 0.25) is 0 Å². The maximum Gasteiger partial charge on any atom is 0.252 e. The Morgan fingerprint density at radius 1 is 1.44 bits per heavy atom. The molecule has 2 aliphatic rings. The Morgan fingerprint density at radius 3 is 2.89 bits per heavy atom. The minimum absolute atomic E-state index is 0.259. The van der Waals surface area contributed by atoms with Gasteiger partial charge in [0.2, 0.25) is 0 Å². The first kappa shape index (κ1) is 12.6. The molecule has 2 unspecified atom stereocenters. The number of piperidine rings is 1. The van der Waals surface area contributed by atoms with E-state index in [1.807, 2.05) is 13.1 Å². The van der Waals surface area contributed by atoms with Gasteiger partial charge in [0, 0.05) is 24.0 Å². The van der Waals surface area contributed by atoms with Gasteiger partial charge in [-0.2, -0.15) is 4.31 Å². The lowest BCUT2D eigenvalue weighted by atomic mass is 10.1. The maximum atomic E-state index is 12.6. The summed E-state index contributed by atoms with van der Waals surface area (Å²) in [6.07, 6.45) is 3.30. The fraction of sp³-hybridized carbons (Fsp3) is 0.667. The Balaban J connectivity index is 1.85. The van der Waals surface area contributed by atoms with E-state index in [4.69, 9.17) is 0 Å². The van der Waals surface area contributed by atoms with Crippen LogP contribution in [-0.2, 0) is 16.6 Å². The highest BCUT2D eigenvalue weighted by Crippen LogP contribution is 2.41. The van der Waals surface area contributed by atoms with Crippen LogP contribution in [0.4, 0.5) is 0 Å². The van der Waals surface area contributed by atoms with Gasteiger partial charge in [-0.05, 0) is 44.4 Å². The summed E-state index contributed by atoms with van der Waals surface area (Å²) in [5.74, 6) is 0.599. The summed E-state index contributed by atoms with van der Waals surface area (Å²) < 4.78 is 27.3. The lowest BCUT2D eigenvalue weighted by molar-refractivity contribution is 0.334. The average molecular weight is 286 g/mol. The van der Waals surface area contributed by atoms with Gasteiger partial charge in [0.25, 0.3) is 10.0 Å². The number of thiophene rings is 1. The molecule has 0 radical (unpaired) electrons. The van der Waals surface area contributed by atoms with Crippen LogP contribution >= 0.6 is 11.3 Å². The van der Waals surface area contributed by atoms with Gasteiger partial charge in [-0.25, -0.2) is 8.42 Å². The summed E-state index contributed by atoms with van der Waals surface area (Å²) in [6, 6.07) is 3.91. The van der Waals surface area contributed by atoms with Crippen LogP contribution in [0.15, 0.2) is 16.3 Å². The summed E-state index contributed by atoms with van der Waals surface area (Å²) in [5.41, 5.74) is 0. The van der Waals surface area contributed by atoms with Crippen molar-refractivity contribution in [1.29, 1.82) is 0 Å². The molecule has 6 heteroatoms. The molecule has 2 fully saturated rings. The molecule has 2 atom stereocenters. The molecule has 0 spiro atoms. The average Bonchev–Trinajstić information content (AvgIpc) is 3.04. The fourth-order valence-corrected chi connectivity index (χ4v) is 6.29. The fourth-order valence-electron chi connectivity index (χ4n) is 3.06. The van der Waals surface area contributed by atoms with E-state index >= 15 is 0 Å². The topological polar surface area (TPSA) is 49.4 Å². The van der Waals surface area contributed by atoms with Gasteiger partial charge < -0.3 is 5.32 Å². The predicted molar refractivity (Wildman–Crippen MR) is 72.1 cm³/mol. The summed E-state index contributed by atoms with van der Waals surface area (Å²) in [6.45, 7) is 1.46. The van der Waals surface area contributed by atoms with Crippen LogP contribution in [0.25, 0.3) is 0 Å². The Kier molecular flexibility index (Phi) is 3.21. The molecule has 1 saturated heterocycles. The van der Waals surface area contributed by atoms with E-state index < -0.39 is 10.0 Å². The van der Waals surface area contributed by atoms with Crippen molar-refractivity contribution in [1.82, 2.24) is 9.62 Å². The first-order chi connectivity index (χ1) is 8.61. The quantitative estimate of drug-likeness (QED) is 0.915. The van der Waals surface area contributed by atoms with Crippen molar-refractivity contribution in [2.75, 3.05) is 13.6 Å². The Labute approximate surface area is 112 Å². The van der Waals surface area contributed by atoms with Crippen LogP contribution in [0.1, 0.15) is 24.1 Å². The molecule has 1 aromatic rings. The summed E-state index contributed by atoms with van der Waals surface area (Å²) in [7, 11) is -1.37. The lowest BCUT2D eigenvalue weighted by Gasteiger charge is -2.25. The number of nitrogens with zero attached hydrogens (tertiary/aromatic N) is 1. The molecule has 3 rings (SSSR count). The molecule has 18 heavy (non-hydrogen) atoms. The van der Waals surface area contributed by atoms with Crippen molar-refractivity contribution >= 4 is 21.4 Å². The smallest absolute Gasteiger partial charge is 0.252 e. The van der Waals surface area contributed by atoms with Crippen molar-refractivity contribution in [3.05, 3.63) is 17.0 Å². The zero-order valence-electron chi connectivity index (χ0n) is 10.4. The standard InChI is InChI=1S/C12H18N2O2S2/c1-13-7-11-4-5-12(17-11)18(15,16)14-8-9-2-3-10(14)6-9/h4-5,9-10,13H,2-3,6-8H2,1H3. The third-order valence-electron chi connectivity index (χ3n) is 3.91. The van der Waals surface area contributed by atoms with Gasteiger partial charge >= 0.3 is 0 Å². The molecule has 2 bridgehead atoms. The monoisotopic (exact) mass is 286 g/mol. The molecule has 1 N–H and O–H groups in total. The second-order valence-corrected chi connectivity index (χ2v) is 8.44. The van der Waals surface area contributed by atoms with Crippen molar-refractivity contribution in [3.63, 3.8) is 0 Å². The van der Waals surface area contributed by atoms with Crippen molar-refractivity contribution in [2.24, 2.45) is 5.92 Å². The van der Waals surface area contributed by atoms with Gasteiger partial charge in [0.15, 0.2) is 0 Å².